The molecule has 28 heavy (non-hydrogen) atoms. The summed E-state index contributed by atoms with van der Waals surface area (Å²) < 4.78 is 5.14. The van der Waals surface area contributed by atoms with Crippen molar-refractivity contribution in [3.05, 3.63) is 45.4 Å². The zero-order chi connectivity index (χ0) is 19.7. The Bertz CT molecular complexity index is 911. The van der Waals surface area contributed by atoms with Crippen LogP contribution in [0.2, 0.25) is 0 Å². The van der Waals surface area contributed by atoms with E-state index in [0.29, 0.717) is 24.8 Å². The van der Waals surface area contributed by atoms with Gasteiger partial charge in [0.2, 0.25) is 5.95 Å². The van der Waals surface area contributed by atoms with Crippen LogP contribution in [0, 0.1) is 5.92 Å². The van der Waals surface area contributed by atoms with Gasteiger partial charge in [-0.2, -0.15) is 0 Å². The first kappa shape index (κ1) is 18.8. The van der Waals surface area contributed by atoms with E-state index in [1.807, 2.05) is 12.1 Å². The molecule has 4 rings (SSSR count). The van der Waals surface area contributed by atoms with Crippen LogP contribution in [-0.4, -0.2) is 46.7 Å². The van der Waals surface area contributed by atoms with E-state index in [1.54, 1.807) is 13.2 Å². The minimum Gasteiger partial charge on any atom is -0.507 e. The van der Waals surface area contributed by atoms with Crippen molar-refractivity contribution in [3.63, 3.8) is 0 Å². The summed E-state index contributed by atoms with van der Waals surface area (Å²) in [6.45, 7) is 6.08. The molecule has 7 heteroatoms. The highest BCUT2D eigenvalue weighted by atomic mass is 16.5. The number of nitrogens with one attached hydrogen (secondary N) is 1. The van der Waals surface area contributed by atoms with E-state index in [9.17, 15) is 9.90 Å². The lowest BCUT2D eigenvalue weighted by molar-refractivity contribution is 0.238. The van der Waals surface area contributed by atoms with E-state index >= 15 is 0 Å². The van der Waals surface area contributed by atoms with Gasteiger partial charge in [-0.25, -0.2) is 4.98 Å². The summed E-state index contributed by atoms with van der Waals surface area (Å²) in [6.07, 6.45) is 3.12. The molecule has 2 aromatic rings. The van der Waals surface area contributed by atoms with Crippen LogP contribution < -0.4 is 15.2 Å². The fourth-order valence-corrected chi connectivity index (χ4v) is 4.18. The van der Waals surface area contributed by atoms with Gasteiger partial charge in [-0.3, -0.25) is 14.7 Å². The van der Waals surface area contributed by atoms with E-state index in [0.717, 1.165) is 55.2 Å². The average Bonchev–Trinajstić information content (AvgIpc) is 2.69. The molecule has 2 aliphatic heterocycles. The number of benzene rings is 1. The fourth-order valence-electron chi connectivity index (χ4n) is 4.18. The maximum absolute atomic E-state index is 12.7. The first-order valence-corrected chi connectivity index (χ1v) is 9.98. The molecule has 150 valence electrons. The van der Waals surface area contributed by atoms with Gasteiger partial charge in [0.05, 0.1) is 18.4 Å². The van der Waals surface area contributed by atoms with Crippen LogP contribution in [-0.2, 0) is 19.5 Å². The Morgan fingerprint density at radius 3 is 2.96 bits per heavy atom. The minimum absolute atomic E-state index is 0.0399. The Morgan fingerprint density at radius 2 is 2.21 bits per heavy atom. The van der Waals surface area contributed by atoms with Crippen LogP contribution in [0.1, 0.15) is 36.6 Å². The Kier molecular flexibility index (Phi) is 5.26. The van der Waals surface area contributed by atoms with E-state index in [2.05, 4.69) is 21.7 Å². The van der Waals surface area contributed by atoms with Gasteiger partial charge >= 0.3 is 0 Å². The third-order valence-electron chi connectivity index (χ3n) is 5.78. The number of phenols is 1. The van der Waals surface area contributed by atoms with Crippen LogP contribution in [0.25, 0.3) is 0 Å². The number of rotatable bonds is 4. The van der Waals surface area contributed by atoms with Gasteiger partial charge in [0.1, 0.15) is 11.5 Å². The van der Waals surface area contributed by atoms with Crippen molar-refractivity contribution < 1.29 is 9.84 Å². The summed E-state index contributed by atoms with van der Waals surface area (Å²) in [4.78, 5) is 24.9. The largest absolute Gasteiger partial charge is 0.507 e. The summed E-state index contributed by atoms with van der Waals surface area (Å²) in [5, 5.41) is 10.2. The third-order valence-corrected chi connectivity index (χ3v) is 5.78. The number of aromatic amines is 1. The maximum Gasteiger partial charge on any atom is 0.257 e. The lowest BCUT2D eigenvalue weighted by atomic mass is 10.0. The molecule has 1 fully saturated rings. The molecule has 1 aromatic carbocycles. The van der Waals surface area contributed by atoms with E-state index < -0.39 is 0 Å². The predicted molar refractivity (Wildman–Crippen MR) is 108 cm³/mol. The predicted octanol–water partition coefficient (Wildman–Crippen LogP) is 2.28. The zero-order valence-electron chi connectivity index (χ0n) is 16.6. The van der Waals surface area contributed by atoms with Crippen molar-refractivity contribution in [2.45, 2.75) is 39.3 Å². The number of nitrogens with zero attached hydrogens (tertiary/aromatic N) is 3. The Balaban J connectivity index is 1.50. The molecule has 0 spiro atoms. The Hall–Kier alpha value is -2.54. The van der Waals surface area contributed by atoms with E-state index in [4.69, 9.17) is 9.72 Å². The topological polar surface area (TPSA) is 81.7 Å². The molecule has 7 nitrogen and oxygen atoms in total. The van der Waals surface area contributed by atoms with Gasteiger partial charge < -0.3 is 14.7 Å². The lowest BCUT2D eigenvalue weighted by Gasteiger charge is -2.33. The highest BCUT2D eigenvalue weighted by molar-refractivity contribution is 5.40. The first-order chi connectivity index (χ1) is 13.5. The molecule has 0 radical (unpaired) electrons. The van der Waals surface area contributed by atoms with Gasteiger partial charge in [0.25, 0.3) is 5.56 Å². The first-order valence-electron chi connectivity index (χ1n) is 9.98. The number of aromatic hydroxyl groups is 1. The SMILES string of the molecule is COc1ccc(CN2CCc3nc(N4CCCC(C)C4)[nH]c(=O)c3C2)c(O)c1. The number of phenolic OH excluding ortho intramolecular Hbond substituents is 1. The molecule has 0 amide bonds. The second-order valence-corrected chi connectivity index (χ2v) is 7.96. The fraction of sp³-hybridized carbons (Fsp3) is 0.524. The molecule has 3 heterocycles. The number of aromatic nitrogens is 2. The van der Waals surface area contributed by atoms with Gasteiger partial charge in [0, 0.05) is 50.8 Å². The normalized spacial score (nSPS) is 20.1. The van der Waals surface area contributed by atoms with Crippen LogP contribution in [0.15, 0.2) is 23.0 Å². The van der Waals surface area contributed by atoms with Crippen molar-refractivity contribution in [1.29, 1.82) is 0 Å². The third kappa shape index (κ3) is 3.85. The average molecular weight is 384 g/mol. The van der Waals surface area contributed by atoms with Crippen molar-refractivity contribution in [1.82, 2.24) is 14.9 Å². The Morgan fingerprint density at radius 1 is 1.36 bits per heavy atom. The minimum atomic E-state index is -0.0399. The molecule has 1 saturated heterocycles. The summed E-state index contributed by atoms with van der Waals surface area (Å²) in [5.74, 6) is 2.19. The molecular weight excluding hydrogens is 356 g/mol. The van der Waals surface area contributed by atoms with Gasteiger partial charge in [-0.15, -0.1) is 0 Å². The molecule has 0 saturated carbocycles. The lowest BCUT2D eigenvalue weighted by Crippen LogP contribution is -2.39. The van der Waals surface area contributed by atoms with Crippen molar-refractivity contribution in [3.8, 4) is 11.5 Å². The van der Waals surface area contributed by atoms with Crippen LogP contribution >= 0.6 is 0 Å². The number of piperidine rings is 1. The number of ether oxygens (including phenoxy) is 1. The monoisotopic (exact) mass is 384 g/mol. The van der Waals surface area contributed by atoms with Gasteiger partial charge in [-0.05, 0) is 24.8 Å². The Labute approximate surface area is 165 Å². The number of anilines is 1. The standard InChI is InChI=1S/C21H28N4O3/c1-14-4-3-8-25(11-14)21-22-18-7-9-24(13-17(18)20(27)23-21)12-15-5-6-16(28-2)10-19(15)26/h5-6,10,14,26H,3-4,7-9,11-13H2,1-2H3,(H,22,23,27). The number of hydrogen-bond donors (Lipinski definition) is 2. The summed E-state index contributed by atoms with van der Waals surface area (Å²) in [7, 11) is 1.58. The van der Waals surface area contributed by atoms with Crippen LogP contribution in [0.4, 0.5) is 5.95 Å². The second kappa shape index (κ2) is 7.83. The number of hydrogen-bond acceptors (Lipinski definition) is 6. The highest BCUT2D eigenvalue weighted by Gasteiger charge is 2.24. The number of methoxy groups -OCH3 is 1. The van der Waals surface area contributed by atoms with Crippen molar-refractivity contribution >= 4 is 5.95 Å². The maximum atomic E-state index is 12.7. The molecule has 0 bridgehead atoms. The summed E-state index contributed by atoms with van der Waals surface area (Å²) >= 11 is 0. The highest BCUT2D eigenvalue weighted by Crippen LogP contribution is 2.27. The number of H-pyrrole nitrogens is 1. The smallest absolute Gasteiger partial charge is 0.257 e. The molecular formula is C21H28N4O3. The summed E-state index contributed by atoms with van der Waals surface area (Å²) in [6, 6.07) is 5.33. The molecule has 2 N–H and O–H groups in total. The van der Waals surface area contributed by atoms with E-state index in [1.165, 1.54) is 6.42 Å². The molecule has 0 aliphatic carbocycles. The van der Waals surface area contributed by atoms with Crippen LogP contribution in [0.3, 0.4) is 0 Å². The van der Waals surface area contributed by atoms with E-state index in [-0.39, 0.29) is 11.3 Å². The molecule has 1 unspecified atom stereocenters. The zero-order valence-corrected chi connectivity index (χ0v) is 16.6. The van der Waals surface area contributed by atoms with Crippen molar-refractivity contribution in [2.24, 2.45) is 5.92 Å². The summed E-state index contributed by atoms with van der Waals surface area (Å²) in [5.41, 5.74) is 2.44. The number of fused-ring (bicyclic) bond motifs is 1. The van der Waals surface area contributed by atoms with Crippen molar-refractivity contribution in [2.75, 3.05) is 31.6 Å². The molecule has 2 aliphatic rings. The van der Waals surface area contributed by atoms with Gasteiger partial charge in [0.15, 0.2) is 0 Å². The quantitative estimate of drug-likeness (QED) is 0.842. The molecule has 1 aromatic heterocycles. The molecule has 1 atom stereocenters. The second-order valence-electron chi connectivity index (χ2n) is 7.96. The van der Waals surface area contributed by atoms with Crippen LogP contribution in [0.5, 0.6) is 11.5 Å². The van der Waals surface area contributed by atoms with Gasteiger partial charge in [-0.1, -0.05) is 13.0 Å².